The minimum Gasteiger partial charge on any atom is -0.320 e. The van der Waals surface area contributed by atoms with Gasteiger partial charge in [-0.15, -0.1) is 0 Å². The van der Waals surface area contributed by atoms with Gasteiger partial charge in [-0.1, -0.05) is 57.2 Å². The largest absolute Gasteiger partial charge is 0.320 e. The minimum absolute atomic E-state index is 0.134. The van der Waals surface area contributed by atoms with Crippen LogP contribution in [0.2, 0.25) is 0 Å². The summed E-state index contributed by atoms with van der Waals surface area (Å²) in [5.74, 6) is -0.191. The lowest BCUT2D eigenvalue weighted by Crippen LogP contribution is -2.14. The van der Waals surface area contributed by atoms with Gasteiger partial charge in [-0.3, -0.25) is 0 Å². The number of hydrogen-bond donors (Lipinski definition) is 1. The third-order valence-electron chi connectivity index (χ3n) is 3.68. The summed E-state index contributed by atoms with van der Waals surface area (Å²) in [6, 6.07) is 13.2. The summed E-state index contributed by atoms with van der Waals surface area (Å²) < 4.78 is 13.3. The van der Waals surface area contributed by atoms with Gasteiger partial charge in [0.2, 0.25) is 0 Å². The Morgan fingerprint density at radius 1 is 0.950 bits per heavy atom. The van der Waals surface area contributed by atoms with Crippen molar-refractivity contribution in [2.75, 3.05) is 0 Å². The zero-order valence-corrected chi connectivity index (χ0v) is 12.6. The Kier molecular flexibility index (Phi) is 3.96. The van der Waals surface area contributed by atoms with E-state index in [1.165, 1.54) is 11.6 Å². The Hall–Kier alpha value is -1.67. The molecule has 2 rings (SSSR count). The van der Waals surface area contributed by atoms with Gasteiger partial charge in [0.25, 0.3) is 0 Å². The van der Waals surface area contributed by atoms with Crippen molar-refractivity contribution in [1.29, 1.82) is 0 Å². The van der Waals surface area contributed by atoms with Crippen LogP contribution in [0.3, 0.4) is 0 Å². The summed E-state index contributed by atoms with van der Waals surface area (Å²) in [7, 11) is 0. The first-order valence-corrected chi connectivity index (χ1v) is 6.91. The number of halogens is 1. The van der Waals surface area contributed by atoms with Gasteiger partial charge in [0.15, 0.2) is 0 Å². The second-order valence-corrected chi connectivity index (χ2v) is 6.36. The summed E-state index contributed by atoms with van der Waals surface area (Å²) in [6.45, 7) is 8.32. The monoisotopic (exact) mass is 271 g/mol. The van der Waals surface area contributed by atoms with E-state index in [1.807, 2.05) is 6.07 Å². The van der Waals surface area contributed by atoms with Crippen LogP contribution in [-0.4, -0.2) is 0 Å². The molecule has 1 atom stereocenters. The van der Waals surface area contributed by atoms with Gasteiger partial charge in [0, 0.05) is 0 Å². The Morgan fingerprint density at radius 3 is 2.00 bits per heavy atom. The van der Waals surface area contributed by atoms with Crippen LogP contribution in [0.4, 0.5) is 4.39 Å². The molecule has 20 heavy (non-hydrogen) atoms. The molecule has 2 heteroatoms. The van der Waals surface area contributed by atoms with Crippen molar-refractivity contribution in [2.24, 2.45) is 5.73 Å². The summed E-state index contributed by atoms with van der Waals surface area (Å²) in [5.41, 5.74) is 10.3. The van der Waals surface area contributed by atoms with Crippen molar-refractivity contribution in [1.82, 2.24) is 0 Å². The van der Waals surface area contributed by atoms with E-state index >= 15 is 0 Å². The lowest BCUT2D eigenvalue weighted by molar-refractivity contribution is 0.589. The Balaban J connectivity index is 2.29. The van der Waals surface area contributed by atoms with E-state index in [0.29, 0.717) is 5.56 Å². The lowest BCUT2D eigenvalue weighted by Gasteiger charge is -2.20. The zero-order chi connectivity index (χ0) is 14.9. The maximum absolute atomic E-state index is 13.3. The molecular formula is C18H22FN. The van der Waals surface area contributed by atoms with Gasteiger partial charge in [-0.2, -0.15) is 0 Å². The third kappa shape index (κ3) is 3.07. The maximum atomic E-state index is 13.3. The molecule has 0 amide bonds. The van der Waals surface area contributed by atoms with Crippen LogP contribution >= 0.6 is 0 Å². The fourth-order valence-electron chi connectivity index (χ4n) is 2.24. The Morgan fingerprint density at radius 2 is 1.50 bits per heavy atom. The number of nitrogens with two attached hydrogens (primary N) is 1. The highest BCUT2D eigenvalue weighted by Gasteiger charge is 2.15. The first-order valence-electron chi connectivity index (χ1n) is 6.91. The molecule has 2 N–H and O–H groups in total. The number of rotatable bonds is 2. The average Bonchev–Trinajstić information content (AvgIpc) is 2.40. The highest BCUT2D eigenvalue weighted by atomic mass is 19.1. The molecule has 0 heterocycles. The molecule has 0 aromatic heterocycles. The van der Waals surface area contributed by atoms with Gasteiger partial charge < -0.3 is 5.73 Å². The van der Waals surface area contributed by atoms with Gasteiger partial charge in [-0.25, -0.2) is 4.39 Å². The molecule has 0 saturated heterocycles. The van der Waals surface area contributed by atoms with Crippen LogP contribution in [0.15, 0.2) is 42.5 Å². The van der Waals surface area contributed by atoms with Crippen LogP contribution in [0.25, 0.3) is 0 Å². The number of aryl methyl sites for hydroxylation is 1. The number of benzene rings is 2. The maximum Gasteiger partial charge on any atom is 0.126 e. The summed E-state index contributed by atoms with van der Waals surface area (Å²) in [4.78, 5) is 0. The summed E-state index contributed by atoms with van der Waals surface area (Å²) >= 11 is 0. The van der Waals surface area contributed by atoms with Gasteiger partial charge in [0.05, 0.1) is 6.04 Å². The predicted molar refractivity (Wildman–Crippen MR) is 82.3 cm³/mol. The van der Waals surface area contributed by atoms with E-state index in [4.69, 9.17) is 5.73 Å². The van der Waals surface area contributed by atoms with E-state index in [1.54, 1.807) is 13.0 Å². The molecule has 0 bridgehead atoms. The van der Waals surface area contributed by atoms with E-state index in [2.05, 4.69) is 45.0 Å². The Bertz CT molecular complexity index is 594. The quantitative estimate of drug-likeness (QED) is 0.856. The van der Waals surface area contributed by atoms with Crippen LogP contribution in [0, 0.1) is 12.7 Å². The first-order chi connectivity index (χ1) is 9.29. The van der Waals surface area contributed by atoms with Crippen molar-refractivity contribution in [2.45, 2.75) is 39.2 Å². The Labute approximate surface area is 120 Å². The van der Waals surface area contributed by atoms with E-state index in [-0.39, 0.29) is 17.3 Å². The topological polar surface area (TPSA) is 26.0 Å². The van der Waals surface area contributed by atoms with Crippen molar-refractivity contribution in [3.8, 4) is 0 Å². The van der Waals surface area contributed by atoms with E-state index in [0.717, 1.165) is 11.1 Å². The van der Waals surface area contributed by atoms with Gasteiger partial charge in [-0.05, 0) is 40.7 Å². The normalized spacial score (nSPS) is 13.3. The molecule has 0 fully saturated rings. The molecule has 0 saturated carbocycles. The minimum atomic E-state index is -0.219. The molecular weight excluding hydrogens is 249 g/mol. The molecule has 1 unspecified atom stereocenters. The SMILES string of the molecule is Cc1cc(C(N)c2ccc(C(C)(C)C)cc2)ccc1F. The molecule has 0 aliphatic heterocycles. The smallest absolute Gasteiger partial charge is 0.126 e. The van der Waals surface area contributed by atoms with E-state index in [9.17, 15) is 4.39 Å². The molecule has 2 aromatic carbocycles. The highest BCUT2D eigenvalue weighted by Crippen LogP contribution is 2.26. The average molecular weight is 271 g/mol. The van der Waals surface area contributed by atoms with Crippen LogP contribution < -0.4 is 5.73 Å². The molecule has 1 nitrogen and oxygen atoms in total. The molecule has 2 aromatic rings. The van der Waals surface area contributed by atoms with Gasteiger partial charge >= 0.3 is 0 Å². The second-order valence-electron chi connectivity index (χ2n) is 6.36. The van der Waals surface area contributed by atoms with Crippen molar-refractivity contribution in [3.05, 3.63) is 70.5 Å². The standard InChI is InChI=1S/C18H22FN/c1-12-11-14(7-10-16(12)19)17(20)13-5-8-15(9-6-13)18(2,3)4/h5-11,17H,20H2,1-4H3. The molecule has 0 radical (unpaired) electrons. The van der Waals surface area contributed by atoms with Crippen molar-refractivity contribution in [3.63, 3.8) is 0 Å². The predicted octanol–water partition coefficient (Wildman–Crippen LogP) is 4.48. The third-order valence-corrected chi connectivity index (χ3v) is 3.68. The van der Waals surface area contributed by atoms with Crippen LogP contribution in [0.5, 0.6) is 0 Å². The molecule has 0 aliphatic rings. The van der Waals surface area contributed by atoms with Gasteiger partial charge in [0.1, 0.15) is 5.82 Å². The lowest BCUT2D eigenvalue weighted by atomic mass is 9.86. The molecule has 106 valence electrons. The zero-order valence-electron chi connectivity index (χ0n) is 12.6. The van der Waals surface area contributed by atoms with Crippen LogP contribution in [-0.2, 0) is 5.41 Å². The first kappa shape index (κ1) is 14.7. The summed E-state index contributed by atoms with van der Waals surface area (Å²) in [5, 5.41) is 0. The molecule has 0 spiro atoms. The summed E-state index contributed by atoms with van der Waals surface area (Å²) in [6.07, 6.45) is 0. The van der Waals surface area contributed by atoms with Crippen LogP contribution in [0.1, 0.15) is 49.1 Å². The number of hydrogen-bond acceptors (Lipinski definition) is 1. The fraction of sp³-hybridized carbons (Fsp3) is 0.333. The second kappa shape index (κ2) is 5.37. The highest BCUT2D eigenvalue weighted by molar-refractivity contribution is 5.36. The van der Waals surface area contributed by atoms with Crippen molar-refractivity contribution >= 4 is 0 Å². The molecule has 0 aliphatic carbocycles. The van der Waals surface area contributed by atoms with E-state index < -0.39 is 0 Å². The van der Waals surface area contributed by atoms with Crippen molar-refractivity contribution < 1.29 is 4.39 Å². The fourth-order valence-corrected chi connectivity index (χ4v) is 2.24.